The first-order valence-corrected chi connectivity index (χ1v) is 6.45. The molecular weight excluding hydrogens is 272 g/mol. The number of ether oxygens (including phenoxy) is 1. The third kappa shape index (κ3) is 3.08. The minimum Gasteiger partial charge on any atom is -0.462 e. The van der Waals surface area contributed by atoms with E-state index in [0.29, 0.717) is 0 Å². The number of carbonyl (C=O) groups is 3. The first kappa shape index (κ1) is 14.7. The van der Waals surface area contributed by atoms with Crippen LogP contribution in [0.1, 0.15) is 50.7 Å². The van der Waals surface area contributed by atoms with E-state index < -0.39 is 11.8 Å². The lowest BCUT2D eigenvalue weighted by Gasteiger charge is -2.06. The van der Waals surface area contributed by atoms with Gasteiger partial charge in [0.1, 0.15) is 6.26 Å². The Morgan fingerprint density at radius 3 is 2.38 bits per heavy atom. The molecule has 5 heteroatoms. The third-order valence-corrected chi connectivity index (χ3v) is 2.88. The van der Waals surface area contributed by atoms with Gasteiger partial charge in [-0.25, -0.2) is 4.79 Å². The summed E-state index contributed by atoms with van der Waals surface area (Å²) in [5.74, 6) is -1.12. The summed E-state index contributed by atoms with van der Waals surface area (Å²) in [7, 11) is 0. The molecule has 0 saturated carbocycles. The van der Waals surface area contributed by atoms with Crippen molar-refractivity contribution in [2.75, 3.05) is 6.61 Å². The van der Waals surface area contributed by atoms with Crippen LogP contribution in [0.5, 0.6) is 0 Å². The van der Waals surface area contributed by atoms with E-state index in [1.54, 1.807) is 19.1 Å². The smallest absolute Gasteiger partial charge is 0.338 e. The standard InChI is InChI=1S/C16H14O5/c1-3-20-16(19)13-7-5-4-6-12(13)15(18)11-8-14(10(2)17)21-9-11/h4-9H,3H2,1-2H3. The van der Waals surface area contributed by atoms with Crippen LogP contribution < -0.4 is 0 Å². The molecule has 0 N–H and O–H groups in total. The van der Waals surface area contributed by atoms with Crippen molar-refractivity contribution in [2.45, 2.75) is 13.8 Å². The summed E-state index contributed by atoms with van der Waals surface area (Å²) < 4.78 is 9.96. The molecule has 1 heterocycles. The number of ketones is 2. The summed E-state index contributed by atoms with van der Waals surface area (Å²) in [5.41, 5.74) is 0.624. The summed E-state index contributed by atoms with van der Waals surface area (Å²) in [6.07, 6.45) is 1.21. The van der Waals surface area contributed by atoms with Crippen molar-refractivity contribution in [1.29, 1.82) is 0 Å². The second-order valence-corrected chi connectivity index (χ2v) is 4.35. The van der Waals surface area contributed by atoms with Gasteiger partial charge in [0, 0.05) is 12.5 Å². The molecule has 0 atom stereocenters. The van der Waals surface area contributed by atoms with Gasteiger partial charge in [-0.15, -0.1) is 0 Å². The van der Waals surface area contributed by atoms with Gasteiger partial charge < -0.3 is 9.15 Å². The fourth-order valence-corrected chi connectivity index (χ4v) is 1.86. The largest absolute Gasteiger partial charge is 0.462 e. The monoisotopic (exact) mass is 286 g/mol. The number of hydrogen-bond donors (Lipinski definition) is 0. The number of esters is 1. The number of benzene rings is 1. The van der Waals surface area contributed by atoms with Crippen LogP contribution in [-0.2, 0) is 4.74 Å². The molecule has 0 spiro atoms. The van der Waals surface area contributed by atoms with Crippen LogP contribution in [0.4, 0.5) is 0 Å². The van der Waals surface area contributed by atoms with E-state index in [9.17, 15) is 14.4 Å². The van der Waals surface area contributed by atoms with Crippen molar-refractivity contribution >= 4 is 17.5 Å². The second-order valence-electron chi connectivity index (χ2n) is 4.35. The Hall–Kier alpha value is -2.69. The van der Waals surface area contributed by atoms with Crippen LogP contribution in [0, 0.1) is 0 Å². The summed E-state index contributed by atoms with van der Waals surface area (Å²) in [6.45, 7) is 3.26. The molecule has 0 aliphatic carbocycles. The maximum atomic E-state index is 12.4. The average Bonchev–Trinajstić information content (AvgIpc) is 2.97. The summed E-state index contributed by atoms with van der Waals surface area (Å²) in [6, 6.07) is 7.74. The van der Waals surface area contributed by atoms with Crippen molar-refractivity contribution in [3.63, 3.8) is 0 Å². The minimum atomic E-state index is -0.559. The van der Waals surface area contributed by atoms with Crippen LogP contribution in [0.15, 0.2) is 41.0 Å². The molecule has 1 aromatic heterocycles. The molecule has 1 aromatic carbocycles. The third-order valence-electron chi connectivity index (χ3n) is 2.88. The van der Waals surface area contributed by atoms with E-state index >= 15 is 0 Å². The molecule has 0 unspecified atom stereocenters. The molecule has 0 bridgehead atoms. The topological polar surface area (TPSA) is 73.6 Å². The zero-order valence-corrected chi connectivity index (χ0v) is 11.7. The minimum absolute atomic E-state index is 0.104. The van der Waals surface area contributed by atoms with E-state index in [-0.39, 0.29) is 34.8 Å². The van der Waals surface area contributed by atoms with Crippen molar-refractivity contribution in [3.05, 3.63) is 59.0 Å². The zero-order valence-electron chi connectivity index (χ0n) is 11.7. The summed E-state index contributed by atoms with van der Waals surface area (Å²) in [5, 5.41) is 0. The number of carbonyl (C=O) groups excluding carboxylic acids is 3. The normalized spacial score (nSPS) is 10.2. The first-order chi connectivity index (χ1) is 10.0. The van der Waals surface area contributed by atoms with Gasteiger partial charge in [-0.2, -0.15) is 0 Å². The lowest BCUT2D eigenvalue weighted by molar-refractivity contribution is 0.0523. The Morgan fingerprint density at radius 1 is 1.14 bits per heavy atom. The molecule has 0 aliphatic heterocycles. The SMILES string of the molecule is CCOC(=O)c1ccccc1C(=O)c1coc(C(C)=O)c1. The predicted octanol–water partition coefficient (Wildman–Crippen LogP) is 2.89. The Bertz CT molecular complexity index is 696. The van der Waals surface area contributed by atoms with Gasteiger partial charge in [-0.05, 0) is 19.1 Å². The molecule has 2 rings (SSSR count). The molecule has 21 heavy (non-hydrogen) atoms. The van der Waals surface area contributed by atoms with Gasteiger partial charge in [0.05, 0.1) is 17.7 Å². The van der Waals surface area contributed by atoms with Gasteiger partial charge in [0.15, 0.2) is 17.3 Å². The lowest BCUT2D eigenvalue weighted by atomic mass is 10.00. The highest BCUT2D eigenvalue weighted by Crippen LogP contribution is 2.18. The maximum absolute atomic E-state index is 12.4. The van der Waals surface area contributed by atoms with Gasteiger partial charge in [0.2, 0.25) is 0 Å². The van der Waals surface area contributed by atoms with E-state index in [4.69, 9.17) is 9.15 Å². The predicted molar refractivity (Wildman–Crippen MR) is 74.5 cm³/mol. The van der Waals surface area contributed by atoms with E-state index in [2.05, 4.69) is 0 Å². The fourth-order valence-electron chi connectivity index (χ4n) is 1.86. The molecule has 2 aromatic rings. The van der Waals surface area contributed by atoms with Gasteiger partial charge in [0.25, 0.3) is 0 Å². The molecule has 0 saturated heterocycles. The van der Waals surface area contributed by atoms with Crippen LogP contribution in [0.2, 0.25) is 0 Å². The molecule has 0 radical (unpaired) electrons. The Kier molecular flexibility index (Phi) is 4.33. The number of rotatable bonds is 5. The Balaban J connectivity index is 2.38. The molecule has 0 fully saturated rings. The molecule has 0 aliphatic rings. The number of Topliss-reactive ketones (excluding diaryl/α,β-unsaturated/α-hetero) is 1. The van der Waals surface area contributed by atoms with Crippen LogP contribution in [0.25, 0.3) is 0 Å². The van der Waals surface area contributed by atoms with Gasteiger partial charge >= 0.3 is 5.97 Å². The highest BCUT2D eigenvalue weighted by atomic mass is 16.5. The van der Waals surface area contributed by atoms with Crippen LogP contribution >= 0.6 is 0 Å². The lowest BCUT2D eigenvalue weighted by Crippen LogP contribution is -2.12. The molecule has 108 valence electrons. The highest BCUT2D eigenvalue weighted by Gasteiger charge is 2.20. The molecule has 5 nitrogen and oxygen atoms in total. The van der Waals surface area contributed by atoms with Crippen molar-refractivity contribution in [3.8, 4) is 0 Å². The fraction of sp³-hybridized carbons (Fsp3) is 0.188. The zero-order chi connectivity index (χ0) is 15.4. The van der Waals surface area contributed by atoms with Crippen molar-refractivity contribution in [2.24, 2.45) is 0 Å². The summed E-state index contributed by atoms with van der Waals surface area (Å²) in [4.78, 5) is 35.5. The number of hydrogen-bond acceptors (Lipinski definition) is 5. The molecule has 0 amide bonds. The second kappa shape index (κ2) is 6.17. The highest BCUT2D eigenvalue weighted by molar-refractivity contribution is 6.14. The van der Waals surface area contributed by atoms with Gasteiger partial charge in [-0.1, -0.05) is 18.2 Å². The Morgan fingerprint density at radius 2 is 1.81 bits per heavy atom. The van der Waals surface area contributed by atoms with E-state index in [1.165, 1.54) is 31.4 Å². The van der Waals surface area contributed by atoms with Crippen molar-refractivity contribution in [1.82, 2.24) is 0 Å². The average molecular weight is 286 g/mol. The summed E-state index contributed by atoms with van der Waals surface area (Å²) >= 11 is 0. The van der Waals surface area contributed by atoms with Crippen LogP contribution in [0.3, 0.4) is 0 Å². The Labute approximate surface area is 121 Å². The van der Waals surface area contributed by atoms with E-state index in [1.807, 2.05) is 0 Å². The number of furan rings is 1. The quantitative estimate of drug-likeness (QED) is 0.624. The maximum Gasteiger partial charge on any atom is 0.338 e. The molecular formula is C16H14O5. The van der Waals surface area contributed by atoms with E-state index in [0.717, 1.165) is 0 Å². The first-order valence-electron chi connectivity index (χ1n) is 6.45. The van der Waals surface area contributed by atoms with Gasteiger partial charge in [-0.3, -0.25) is 9.59 Å². The van der Waals surface area contributed by atoms with Crippen LogP contribution in [-0.4, -0.2) is 24.1 Å². The van der Waals surface area contributed by atoms with Crippen molar-refractivity contribution < 1.29 is 23.5 Å².